The number of anilines is 2. The molecule has 0 radical (unpaired) electrons. The summed E-state index contributed by atoms with van der Waals surface area (Å²) in [5.74, 6) is 2.67. The average molecular weight is 348 g/mol. The van der Waals surface area contributed by atoms with E-state index in [2.05, 4.69) is 10.6 Å². The van der Waals surface area contributed by atoms with Gasteiger partial charge in [-0.15, -0.1) is 0 Å². The molecule has 7 heteroatoms. The van der Waals surface area contributed by atoms with Gasteiger partial charge >= 0.3 is 0 Å². The Kier molecular flexibility index (Phi) is 6.08. The van der Waals surface area contributed by atoms with E-state index in [9.17, 15) is 0 Å². The number of nitrogens with one attached hydrogen (secondary N) is 2. The third kappa shape index (κ3) is 4.20. The highest BCUT2D eigenvalue weighted by Gasteiger charge is 2.10. The van der Waals surface area contributed by atoms with Crippen LogP contribution >= 0.6 is 12.2 Å². The fourth-order valence-electron chi connectivity index (χ4n) is 2.09. The van der Waals surface area contributed by atoms with Crippen LogP contribution in [0.3, 0.4) is 0 Å². The van der Waals surface area contributed by atoms with Crippen LogP contribution in [0.25, 0.3) is 0 Å². The smallest absolute Gasteiger partial charge is 0.175 e. The van der Waals surface area contributed by atoms with Crippen molar-refractivity contribution in [3.05, 3.63) is 36.4 Å². The van der Waals surface area contributed by atoms with Crippen LogP contribution in [0, 0.1) is 0 Å². The number of hydrogen-bond donors (Lipinski definition) is 2. The van der Waals surface area contributed by atoms with Gasteiger partial charge in [-0.1, -0.05) is 0 Å². The van der Waals surface area contributed by atoms with Gasteiger partial charge in [-0.3, -0.25) is 0 Å². The number of rotatable bonds is 6. The van der Waals surface area contributed by atoms with Crippen molar-refractivity contribution in [1.29, 1.82) is 0 Å². The van der Waals surface area contributed by atoms with Crippen molar-refractivity contribution in [2.45, 2.75) is 0 Å². The number of methoxy groups -OCH3 is 4. The molecule has 24 heavy (non-hydrogen) atoms. The molecule has 6 nitrogen and oxygen atoms in total. The highest BCUT2D eigenvalue weighted by molar-refractivity contribution is 7.80. The zero-order chi connectivity index (χ0) is 17.5. The minimum absolute atomic E-state index is 0.394. The second kappa shape index (κ2) is 8.26. The predicted octanol–water partition coefficient (Wildman–Crippen LogP) is 3.53. The third-order valence-corrected chi connectivity index (χ3v) is 3.52. The molecule has 128 valence electrons. The Morgan fingerprint density at radius 3 is 1.92 bits per heavy atom. The highest BCUT2D eigenvalue weighted by Crippen LogP contribution is 2.31. The Bertz CT molecular complexity index is 722. The van der Waals surface area contributed by atoms with Crippen LogP contribution < -0.4 is 29.6 Å². The molecular weight excluding hydrogens is 328 g/mol. The number of ether oxygens (including phenoxy) is 4. The Balaban J connectivity index is 2.16. The van der Waals surface area contributed by atoms with Crippen molar-refractivity contribution >= 4 is 28.7 Å². The quantitative estimate of drug-likeness (QED) is 0.774. The summed E-state index contributed by atoms with van der Waals surface area (Å²) in [5, 5.41) is 6.58. The number of benzene rings is 2. The molecule has 0 aliphatic heterocycles. The molecule has 2 rings (SSSR count). The van der Waals surface area contributed by atoms with E-state index in [0.717, 1.165) is 5.69 Å². The first-order valence-corrected chi connectivity index (χ1v) is 7.54. The van der Waals surface area contributed by atoms with Crippen molar-refractivity contribution in [3.8, 4) is 23.0 Å². The summed E-state index contributed by atoms with van der Waals surface area (Å²) in [6.45, 7) is 0. The first-order valence-electron chi connectivity index (χ1n) is 7.13. The maximum absolute atomic E-state index is 5.37. The fourth-order valence-corrected chi connectivity index (χ4v) is 2.31. The van der Waals surface area contributed by atoms with Crippen molar-refractivity contribution in [2.24, 2.45) is 0 Å². The van der Waals surface area contributed by atoms with Crippen LogP contribution in [0.15, 0.2) is 36.4 Å². The summed E-state index contributed by atoms with van der Waals surface area (Å²) < 4.78 is 21.1. The second-order valence-corrected chi connectivity index (χ2v) is 5.12. The normalized spacial score (nSPS) is 9.83. The first-order chi connectivity index (χ1) is 11.6. The van der Waals surface area contributed by atoms with Gasteiger partial charge in [0.2, 0.25) is 0 Å². The van der Waals surface area contributed by atoms with Gasteiger partial charge in [-0.25, -0.2) is 0 Å². The van der Waals surface area contributed by atoms with Gasteiger partial charge in [0.15, 0.2) is 5.11 Å². The highest BCUT2D eigenvalue weighted by atomic mass is 32.1. The maximum Gasteiger partial charge on any atom is 0.175 e. The third-order valence-electron chi connectivity index (χ3n) is 3.31. The van der Waals surface area contributed by atoms with E-state index in [1.807, 2.05) is 18.2 Å². The van der Waals surface area contributed by atoms with Crippen LogP contribution in [-0.4, -0.2) is 33.6 Å². The van der Waals surface area contributed by atoms with Gasteiger partial charge in [-0.2, -0.15) is 0 Å². The summed E-state index contributed by atoms with van der Waals surface area (Å²) >= 11 is 5.37. The lowest BCUT2D eigenvalue weighted by Gasteiger charge is -2.16. The summed E-state index contributed by atoms with van der Waals surface area (Å²) in [6.07, 6.45) is 0. The molecule has 0 unspecified atom stereocenters. The topological polar surface area (TPSA) is 61.0 Å². The van der Waals surface area contributed by atoms with E-state index in [1.54, 1.807) is 46.6 Å². The zero-order valence-corrected chi connectivity index (χ0v) is 14.8. The lowest BCUT2D eigenvalue weighted by Crippen LogP contribution is -2.20. The van der Waals surface area contributed by atoms with E-state index in [4.69, 9.17) is 31.2 Å². The molecule has 0 aromatic heterocycles. The molecule has 0 aliphatic carbocycles. The summed E-state index contributed by atoms with van der Waals surface area (Å²) in [4.78, 5) is 0. The zero-order valence-electron chi connectivity index (χ0n) is 14.0. The molecule has 0 fully saturated rings. The van der Waals surface area contributed by atoms with Gasteiger partial charge in [0.05, 0.1) is 39.8 Å². The van der Waals surface area contributed by atoms with Gasteiger partial charge in [0.25, 0.3) is 0 Å². The Morgan fingerprint density at radius 2 is 1.29 bits per heavy atom. The predicted molar refractivity (Wildman–Crippen MR) is 98.9 cm³/mol. The Morgan fingerprint density at radius 1 is 0.708 bits per heavy atom. The lowest BCUT2D eigenvalue weighted by molar-refractivity contribution is 0.395. The second-order valence-electron chi connectivity index (χ2n) is 4.71. The minimum Gasteiger partial charge on any atom is -0.497 e. The largest absolute Gasteiger partial charge is 0.497 e. The average Bonchev–Trinajstić information content (AvgIpc) is 2.61. The fraction of sp³-hybridized carbons (Fsp3) is 0.235. The summed E-state index contributed by atoms with van der Waals surface area (Å²) in [7, 11) is 6.38. The molecule has 0 amide bonds. The molecule has 2 N–H and O–H groups in total. The van der Waals surface area contributed by atoms with E-state index in [0.29, 0.717) is 33.8 Å². The molecule has 0 bridgehead atoms. The van der Waals surface area contributed by atoms with Crippen molar-refractivity contribution in [1.82, 2.24) is 0 Å². The van der Waals surface area contributed by atoms with Crippen molar-refractivity contribution in [3.63, 3.8) is 0 Å². The van der Waals surface area contributed by atoms with E-state index in [-0.39, 0.29) is 0 Å². The molecule has 0 saturated heterocycles. The summed E-state index contributed by atoms with van der Waals surface area (Å²) in [5.41, 5.74) is 1.42. The van der Waals surface area contributed by atoms with Crippen LogP contribution in [-0.2, 0) is 0 Å². The standard InChI is InChI=1S/C17H20N2O4S/c1-20-11-6-8-15(22-3)14(9-11)19-17(24)18-13-7-5-12(21-2)10-16(13)23-4/h5-10H,1-4H3,(H2,18,19,24). The molecule has 0 saturated carbocycles. The van der Waals surface area contributed by atoms with Gasteiger partial charge in [0.1, 0.15) is 23.0 Å². The molecule has 0 heterocycles. The Labute approximate surface area is 146 Å². The van der Waals surface area contributed by atoms with Crippen molar-refractivity contribution < 1.29 is 18.9 Å². The molecular formula is C17H20N2O4S. The molecule has 0 aliphatic rings. The number of hydrogen-bond acceptors (Lipinski definition) is 5. The summed E-state index contributed by atoms with van der Waals surface area (Å²) in [6, 6.07) is 10.8. The lowest BCUT2D eigenvalue weighted by atomic mass is 10.2. The van der Waals surface area contributed by atoms with Gasteiger partial charge in [-0.05, 0) is 36.5 Å². The van der Waals surface area contributed by atoms with Crippen molar-refractivity contribution in [2.75, 3.05) is 39.1 Å². The van der Waals surface area contributed by atoms with E-state index in [1.165, 1.54) is 0 Å². The minimum atomic E-state index is 0.394. The molecule has 2 aromatic rings. The SMILES string of the molecule is COc1ccc(OC)c(NC(=S)Nc2ccc(OC)cc2OC)c1. The van der Waals surface area contributed by atoms with Crippen LogP contribution in [0.4, 0.5) is 11.4 Å². The van der Waals surface area contributed by atoms with Gasteiger partial charge in [0, 0.05) is 12.1 Å². The molecule has 2 aromatic carbocycles. The number of thiocarbonyl (C=S) groups is 1. The molecule has 0 atom stereocenters. The first kappa shape index (κ1) is 17.7. The maximum atomic E-state index is 5.37. The Hall–Kier alpha value is -2.67. The van der Waals surface area contributed by atoms with E-state index >= 15 is 0 Å². The van der Waals surface area contributed by atoms with Crippen LogP contribution in [0.5, 0.6) is 23.0 Å². The monoisotopic (exact) mass is 348 g/mol. The van der Waals surface area contributed by atoms with Gasteiger partial charge < -0.3 is 29.6 Å². The van der Waals surface area contributed by atoms with Crippen LogP contribution in [0.1, 0.15) is 0 Å². The van der Waals surface area contributed by atoms with Crippen LogP contribution in [0.2, 0.25) is 0 Å². The molecule has 0 spiro atoms. The van der Waals surface area contributed by atoms with E-state index < -0.39 is 0 Å².